The molecular weight excluding hydrogens is 485 g/mol. The van der Waals surface area contributed by atoms with Crippen LogP contribution in [0.1, 0.15) is 24.6 Å². The first-order valence-corrected chi connectivity index (χ1v) is 11.0. The zero-order chi connectivity index (χ0) is 24.4. The number of oxime groups is 1. The number of rotatable bonds is 7. The molecule has 0 saturated heterocycles. The third kappa shape index (κ3) is 5.13. The molecule has 12 heteroatoms. The molecule has 0 aliphatic carbocycles. The van der Waals surface area contributed by atoms with Crippen molar-refractivity contribution in [3.05, 3.63) is 74.0 Å². The molecule has 0 spiro atoms. The summed E-state index contributed by atoms with van der Waals surface area (Å²) >= 11 is 12.0. The summed E-state index contributed by atoms with van der Waals surface area (Å²) in [5.41, 5.74) is 2.09. The maximum absolute atomic E-state index is 12.8. The Kier molecular flexibility index (Phi) is 6.71. The molecule has 0 bridgehead atoms. The van der Waals surface area contributed by atoms with Crippen molar-refractivity contribution in [3.8, 4) is 11.5 Å². The first-order valence-electron chi connectivity index (χ1n) is 10.2. The summed E-state index contributed by atoms with van der Waals surface area (Å²) in [6, 6.07) is 8.49. The van der Waals surface area contributed by atoms with Crippen LogP contribution in [0.4, 0.5) is 11.4 Å². The van der Waals surface area contributed by atoms with Crippen molar-refractivity contribution in [2.75, 3.05) is 5.32 Å². The van der Waals surface area contributed by atoms with E-state index in [4.69, 9.17) is 32.8 Å². The molecule has 2 heterocycles. The average Bonchev–Trinajstić information content (AvgIpc) is 3.42. The number of carbonyl (C=O) groups is 1. The molecule has 10 nitrogen and oxygen atoms in total. The maximum Gasteiger partial charge on any atom is 0.275 e. The lowest BCUT2D eigenvalue weighted by Gasteiger charge is -2.12. The van der Waals surface area contributed by atoms with Gasteiger partial charge in [-0.1, -0.05) is 28.4 Å². The first kappa shape index (κ1) is 23.5. The number of anilines is 1. The molecule has 0 saturated carbocycles. The number of aryl methyl sites for hydroxylation is 2. The lowest BCUT2D eigenvalue weighted by atomic mass is 10.1. The number of halogens is 2. The van der Waals surface area contributed by atoms with Crippen molar-refractivity contribution < 1.29 is 19.3 Å². The highest BCUT2D eigenvalue weighted by molar-refractivity contribution is 6.35. The Labute approximate surface area is 204 Å². The van der Waals surface area contributed by atoms with E-state index in [2.05, 4.69) is 15.6 Å². The van der Waals surface area contributed by atoms with E-state index in [9.17, 15) is 14.9 Å². The summed E-state index contributed by atoms with van der Waals surface area (Å²) in [5, 5.41) is 23.1. The van der Waals surface area contributed by atoms with Gasteiger partial charge in [-0.25, -0.2) is 0 Å². The minimum absolute atomic E-state index is 0.112. The van der Waals surface area contributed by atoms with E-state index in [1.165, 1.54) is 30.3 Å². The number of hydrogen-bond donors (Lipinski definition) is 1. The molecule has 1 unspecified atom stereocenters. The van der Waals surface area contributed by atoms with Crippen molar-refractivity contribution in [1.29, 1.82) is 0 Å². The Morgan fingerprint density at radius 3 is 2.79 bits per heavy atom. The molecule has 1 atom stereocenters. The fraction of sp³-hybridized carbons (Fsp3) is 0.227. The van der Waals surface area contributed by atoms with Crippen LogP contribution in [-0.4, -0.2) is 32.4 Å². The number of aromatic nitrogens is 2. The maximum atomic E-state index is 12.8. The molecule has 1 amide bonds. The molecule has 1 aromatic heterocycles. The lowest BCUT2D eigenvalue weighted by Crippen LogP contribution is -2.28. The average molecular weight is 504 g/mol. The van der Waals surface area contributed by atoms with E-state index in [1.807, 2.05) is 20.0 Å². The Morgan fingerprint density at radius 1 is 1.32 bits per heavy atom. The second-order valence-electron chi connectivity index (χ2n) is 7.46. The van der Waals surface area contributed by atoms with Crippen LogP contribution in [0, 0.1) is 17.0 Å². The van der Waals surface area contributed by atoms with Crippen molar-refractivity contribution in [3.63, 3.8) is 0 Å². The Balaban J connectivity index is 1.50. The van der Waals surface area contributed by atoms with Gasteiger partial charge in [0.15, 0.2) is 0 Å². The largest absolute Gasteiger partial charge is 0.455 e. The molecule has 3 aromatic rings. The quantitative estimate of drug-likeness (QED) is 0.342. The second kappa shape index (κ2) is 9.70. The number of nitro groups is 1. The van der Waals surface area contributed by atoms with Crippen LogP contribution in [0.25, 0.3) is 0 Å². The van der Waals surface area contributed by atoms with Crippen LogP contribution < -0.4 is 10.1 Å². The Morgan fingerprint density at radius 2 is 2.12 bits per heavy atom. The van der Waals surface area contributed by atoms with Crippen molar-refractivity contribution in [2.24, 2.45) is 5.16 Å². The third-order valence-corrected chi connectivity index (χ3v) is 5.56. The number of hydrogen-bond acceptors (Lipinski definition) is 7. The standard InChI is InChI=1S/C22H19Cl2N5O5/c1-3-28-11-17(12(2)26-28)19-10-21(34-27-19)22(30)25-14-7-15(29(31)32)9-16(8-14)33-20-5-4-13(23)6-18(20)24/h4-9,11,21H,3,10H2,1-2H3,(H,25,30). The summed E-state index contributed by atoms with van der Waals surface area (Å²) in [7, 11) is 0. The zero-order valence-electron chi connectivity index (χ0n) is 18.1. The summed E-state index contributed by atoms with van der Waals surface area (Å²) in [6.45, 7) is 4.53. The summed E-state index contributed by atoms with van der Waals surface area (Å²) < 4.78 is 7.47. The topological polar surface area (TPSA) is 121 Å². The van der Waals surface area contributed by atoms with Crippen molar-refractivity contribution >= 4 is 46.2 Å². The van der Waals surface area contributed by atoms with Gasteiger partial charge in [0.1, 0.15) is 11.5 Å². The number of nitro benzene ring substituents is 1. The number of carbonyl (C=O) groups excluding carboxylic acids is 1. The molecule has 1 aliphatic rings. The summed E-state index contributed by atoms with van der Waals surface area (Å²) in [5.74, 6) is -0.139. The molecule has 2 aromatic carbocycles. The van der Waals surface area contributed by atoms with Crippen molar-refractivity contribution in [2.45, 2.75) is 32.9 Å². The molecule has 34 heavy (non-hydrogen) atoms. The molecule has 0 fully saturated rings. The molecule has 4 rings (SSSR count). The van der Waals surface area contributed by atoms with Gasteiger partial charge in [0.25, 0.3) is 11.6 Å². The van der Waals surface area contributed by atoms with Crippen LogP contribution in [0.5, 0.6) is 11.5 Å². The number of benzene rings is 2. The Bertz CT molecular complexity index is 1310. The van der Waals surface area contributed by atoms with Gasteiger partial charge in [-0.15, -0.1) is 0 Å². The van der Waals surface area contributed by atoms with Gasteiger partial charge in [-0.2, -0.15) is 5.10 Å². The summed E-state index contributed by atoms with van der Waals surface area (Å²) in [4.78, 5) is 29.0. The predicted octanol–water partition coefficient (Wildman–Crippen LogP) is 5.35. The van der Waals surface area contributed by atoms with E-state index in [0.717, 1.165) is 11.3 Å². The Hall–Kier alpha value is -3.63. The number of non-ortho nitro benzene ring substituents is 1. The highest BCUT2D eigenvalue weighted by atomic mass is 35.5. The van der Waals surface area contributed by atoms with Gasteiger partial charge < -0.3 is 14.9 Å². The monoisotopic (exact) mass is 503 g/mol. The number of amides is 1. The normalized spacial score (nSPS) is 14.9. The predicted molar refractivity (Wildman–Crippen MR) is 127 cm³/mol. The summed E-state index contributed by atoms with van der Waals surface area (Å²) in [6.07, 6.45) is 1.19. The fourth-order valence-corrected chi connectivity index (χ4v) is 3.81. The minimum atomic E-state index is -0.895. The fourth-order valence-electron chi connectivity index (χ4n) is 3.37. The van der Waals surface area contributed by atoms with Crippen LogP contribution in [-0.2, 0) is 16.2 Å². The second-order valence-corrected chi connectivity index (χ2v) is 8.30. The van der Waals surface area contributed by atoms with Crippen LogP contribution in [0.2, 0.25) is 10.0 Å². The highest BCUT2D eigenvalue weighted by Gasteiger charge is 2.31. The zero-order valence-corrected chi connectivity index (χ0v) is 19.6. The van der Waals surface area contributed by atoms with E-state index >= 15 is 0 Å². The van der Waals surface area contributed by atoms with E-state index < -0.39 is 16.9 Å². The van der Waals surface area contributed by atoms with Gasteiger partial charge in [0, 0.05) is 41.9 Å². The SMILES string of the molecule is CCn1cc(C2=NOC(C(=O)Nc3cc(Oc4ccc(Cl)cc4Cl)cc([N+](=O)[O-])c3)C2)c(C)n1. The minimum Gasteiger partial charge on any atom is -0.455 e. The molecule has 0 radical (unpaired) electrons. The molecule has 1 aliphatic heterocycles. The van der Waals surface area contributed by atoms with Crippen LogP contribution >= 0.6 is 23.2 Å². The van der Waals surface area contributed by atoms with Crippen LogP contribution in [0.15, 0.2) is 47.8 Å². The lowest BCUT2D eigenvalue weighted by molar-refractivity contribution is -0.384. The number of ether oxygens (including phenoxy) is 1. The van der Waals surface area contributed by atoms with Gasteiger partial charge >= 0.3 is 0 Å². The smallest absolute Gasteiger partial charge is 0.275 e. The molecule has 176 valence electrons. The number of nitrogens with one attached hydrogen (secondary N) is 1. The van der Waals surface area contributed by atoms with Gasteiger partial charge in [0.2, 0.25) is 6.10 Å². The highest BCUT2D eigenvalue weighted by Crippen LogP contribution is 2.35. The van der Waals surface area contributed by atoms with Gasteiger partial charge in [-0.3, -0.25) is 19.6 Å². The van der Waals surface area contributed by atoms with Gasteiger partial charge in [-0.05, 0) is 32.0 Å². The first-order chi connectivity index (χ1) is 16.2. The van der Waals surface area contributed by atoms with Crippen LogP contribution in [0.3, 0.4) is 0 Å². The van der Waals surface area contributed by atoms with Crippen molar-refractivity contribution in [1.82, 2.24) is 9.78 Å². The molecule has 1 N–H and O–H groups in total. The molecular formula is C22H19Cl2N5O5. The van der Waals surface area contributed by atoms with E-state index in [-0.39, 0.29) is 34.3 Å². The number of nitrogens with zero attached hydrogens (tertiary/aromatic N) is 4. The van der Waals surface area contributed by atoms with Gasteiger partial charge in [0.05, 0.1) is 33.1 Å². The van der Waals surface area contributed by atoms with E-state index in [1.54, 1.807) is 10.7 Å². The van der Waals surface area contributed by atoms with E-state index in [0.29, 0.717) is 17.3 Å². The third-order valence-electron chi connectivity index (χ3n) is 5.03.